The van der Waals surface area contributed by atoms with Gasteiger partial charge in [-0.3, -0.25) is 10.1 Å². The van der Waals surface area contributed by atoms with Gasteiger partial charge in [0, 0.05) is 30.2 Å². The van der Waals surface area contributed by atoms with Crippen molar-refractivity contribution in [3.8, 4) is 0 Å². The molecule has 0 spiro atoms. The first kappa shape index (κ1) is 18.6. The minimum Gasteiger partial charge on any atom is -0.298 e. The van der Waals surface area contributed by atoms with Crippen molar-refractivity contribution in [1.82, 2.24) is 9.29 Å². The van der Waals surface area contributed by atoms with E-state index in [0.29, 0.717) is 23.8 Å². The van der Waals surface area contributed by atoms with Gasteiger partial charge in [-0.2, -0.15) is 4.31 Å². The van der Waals surface area contributed by atoms with Gasteiger partial charge in [0.2, 0.25) is 10.0 Å². The molecule has 0 aliphatic rings. The van der Waals surface area contributed by atoms with Crippen molar-refractivity contribution in [2.75, 3.05) is 18.4 Å². The largest absolute Gasteiger partial charge is 0.298 e. The summed E-state index contributed by atoms with van der Waals surface area (Å²) in [7, 11) is -3.52. The highest BCUT2D eigenvalue weighted by Crippen LogP contribution is 2.18. The Morgan fingerprint density at radius 3 is 2.50 bits per heavy atom. The van der Waals surface area contributed by atoms with Crippen LogP contribution in [-0.4, -0.2) is 36.7 Å². The van der Waals surface area contributed by atoms with E-state index in [0.717, 1.165) is 12.8 Å². The van der Waals surface area contributed by atoms with E-state index in [9.17, 15) is 13.2 Å². The molecule has 0 saturated carbocycles. The topological polar surface area (TPSA) is 79.4 Å². The van der Waals surface area contributed by atoms with E-state index in [2.05, 4.69) is 10.3 Å². The maximum absolute atomic E-state index is 12.6. The summed E-state index contributed by atoms with van der Waals surface area (Å²) in [4.78, 5) is 16.3. The number of nitrogens with zero attached hydrogens (tertiary/aromatic N) is 2. The number of rotatable bonds is 8. The third-order valence-corrected chi connectivity index (χ3v) is 6.20. The van der Waals surface area contributed by atoms with E-state index < -0.39 is 10.0 Å². The molecular formula is C16H21N3O3S2. The lowest BCUT2D eigenvalue weighted by atomic mass is 10.2. The van der Waals surface area contributed by atoms with E-state index >= 15 is 0 Å². The molecule has 1 N–H and O–H groups in total. The molecule has 130 valence electrons. The van der Waals surface area contributed by atoms with Crippen LogP contribution in [-0.2, 0) is 10.0 Å². The van der Waals surface area contributed by atoms with E-state index in [1.54, 1.807) is 11.6 Å². The molecule has 0 bridgehead atoms. The van der Waals surface area contributed by atoms with Crippen LogP contribution in [0.3, 0.4) is 0 Å². The summed E-state index contributed by atoms with van der Waals surface area (Å²) in [5.41, 5.74) is 0.390. The molecule has 24 heavy (non-hydrogen) atoms. The summed E-state index contributed by atoms with van der Waals surface area (Å²) in [6.45, 7) is 4.77. The van der Waals surface area contributed by atoms with Gasteiger partial charge in [0.1, 0.15) is 0 Å². The molecule has 0 fully saturated rings. The van der Waals surface area contributed by atoms with Crippen molar-refractivity contribution in [3.63, 3.8) is 0 Å². The van der Waals surface area contributed by atoms with Gasteiger partial charge in [0.25, 0.3) is 5.91 Å². The lowest BCUT2D eigenvalue weighted by Crippen LogP contribution is -2.31. The molecule has 0 radical (unpaired) electrons. The van der Waals surface area contributed by atoms with Crippen LogP contribution in [0, 0.1) is 0 Å². The number of carbonyl (C=O) groups is 1. The number of aromatic nitrogens is 1. The van der Waals surface area contributed by atoms with Crippen LogP contribution in [0.15, 0.2) is 40.7 Å². The number of unbranched alkanes of at least 4 members (excludes halogenated alkanes) is 1. The van der Waals surface area contributed by atoms with Gasteiger partial charge < -0.3 is 0 Å². The standard InChI is InChI=1S/C16H21N3O3S2/c1-3-5-11-19(4-2)24(21,22)14-8-6-13(7-9-14)15(20)18-16-17-10-12-23-16/h6-10,12H,3-5,11H2,1-2H3,(H,17,18,20). The number of hydrogen-bond acceptors (Lipinski definition) is 5. The van der Waals surface area contributed by atoms with Crippen molar-refractivity contribution >= 4 is 32.4 Å². The highest BCUT2D eigenvalue weighted by molar-refractivity contribution is 7.89. The summed E-state index contributed by atoms with van der Waals surface area (Å²) in [5, 5.41) is 4.94. The third-order valence-electron chi connectivity index (χ3n) is 3.52. The van der Waals surface area contributed by atoms with Gasteiger partial charge >= 0.3 is 0 Å². The Kier molecular flexibility index (Phi) is 6.47. The summed E-state index contributed by atoms with van der Waals surface area (Å²) in [5.74, 6) is -0.313. The van der Waals surface area contributed by atoms with Crippen LogP contribution in [0.2, 0.25) is 0 Å². The number of amides is 1. The van der Waals surface area contributed by atoms with E-state index in [1.807, 2.05) is 13.8 Å². The van der Waals surface area contributed by atoms with Crippen molar-refractivity contribution in [3.05, 3.63) is 41.4 Å². The monoisotopic (exact) mass is 367 g/mol. The van der Waals surface area contributed by atoms with Crippen LogP contribution in [0.4, 0.5) is 5.13 Å². The quantitative estimate of drug-likeness (QED) is 0.777. The van der Waals surface area contributed by atoms with Crippen LogP contribution in [0.5, 0.6) is 0 Å². The average molecular weight is 367 g/mol. The smallest absolute Gasteiger partial charge is 0.257 e. The molecule has 0 unspecified atom stereocenters. The molecule has 1 amide bonds. The first-order valence-corrected chi connectivity index (χ1v) is 10.1. The Bertz CT molecular complexity index is 756. The number of anilines is 1. The number of carbonyl (C=O) groups excluding carboxylic acids is 1. The molecule has 2 rings (SSSR count). The fourth-order valence-electron chi connectivity index (χ4n) is 2.16. The van der Waals surface area contributed by atoms with Crippen LogP contribution in [0.25, 0.3) is 0 Å². The SMILES string of the molecule is CCCCN(CC)S(=O)(=O)c1ccc(C(=O)Nc2nccs2)cc1. The average Bonchev–Trinajstić information content (AvgIpc) is 3.08. The normalized spacial score (nSPS) is 11.6. The second-order valence-corrected chi connectivity index (χ2v) is 8.00. The lowest BCUT2D eigenvalue weighted by Gasteiger charge is -2.20. The van der Waals surface area contributed by atoms with Crippen molar-refractivity contribution in [2.24, 2.45) is 0 Å². The third kappa shape index (κ3) is 4.40. The molecule has 0 aliphatic carbocycles. The fourth-order valence-corrected chi connectivity index (χ4v) is 4.18. The van der Waals surface area contributed by atoms with Crippen LogP contribution >= 0.6 is 11.3 Å². The Labute approximate surface area is 146 Å². The Morgan fingerprint density at radius 1 is 1.25 bits per heavy atom. The lowest BCUT2D eigenvalue weighted by molar-refractivity contribution is 0.102. The molecule has 1 aromatic carbocycles. The van der Waals surface area contributed by atoms with Gasteiger partial charge in [0.05, 0.1) is 4.90 Å². The Morgan fingerprint density at radius 2 is 1.96 bits per heavy atom. The highest BCUT2D eigenvalue weighted by atomic mass is 32.2. The predicted molar refractivity (Wildman–Crippen MR) is 95.9 cm³/mol. The molecule has 1 aromatic heterocycles. The zero-order valence-corrected chi connectivity index (χ0v) is 15.4. The number of thiazole rings is 1. The Balaban J connectivity index is 2.14. The number of nitrogens with one attached hydrogen (secondary N) is 1. The zero-order chi connectivity index (χ0) is 17.6. The van der Waals surface area contributed by atoms with E-state index in [4.69, 9.17) is 0 Å². The maximum atomic E-state index is 12.6. The van der Waals surface area contributed by atoms with Crippen molar-refractivity contribution in [2.45, 2.75) is 31.6 Å². The molecule has 0 atom stereocenters. The number of hydrogen-bond donors (Lipinski definition) is 1. The van der Waals surface area contributed by atoms with Gasteiger partial charge in [0.15, 0.2) is 5.13 Å². The van der Waals surface area contributed by atoms with Crippen LogP contribution < -0.4 is 5.32 Å². The van der Waals surface area contributed by atoms with Crippen molar-refractivity contribution in [1.29, 1.82) is 0 Å². The molecule has 6 nitrogen and oxygen atoms in total. The zero-order valence-electron chi connectivity index (χ0n) is 13.7. The van der Waals surface area contributed by atoms with Gasteiger partial charge in [-0.15, -0.1) is 11.3 Å². The summed E-state index contributed by atoms with van der Waals surface area (Å²) in [6, 6.07) is 5.98. The van der Waals surface area contributed by atoms with E-state index in [1.165, 1.54) is 39.9 Å². The number of sulfonamides is 1. The first-order chi connectivity index (χ1) is 11.5. The minimum atomic E-state index is -3.52. The minimum absolute atomic E-state index is 0.200. The second-order valence-electron chi connectivity index (χ2n) is 5.17. The second kappa shape index (κ2) is 8.36. The highest BCUT2D eigenvalue weighted by Gasteiger charge is 2.22. The van der Waals surface area contributed by atoms with Crippen LogP contribution in [0.1, 0.15) is 37.0 Å². The summed E-state index contributed by atoms with van der Waals surface area (Å²) in [6.07, 6.45) is 3.36. The first-order valence-electron chi connectivity index (χ1n) is 7.80. The molecule has 0 saturated heterocycles. The molecule has 2 aromatic rings. The molecule has 8 heteroatoms. The van der Waals surface area contributed by atoms with Gasteiger partial charge in [-0.1, -0.05) is 20.3 Å². The van der Waals surface area contributed by atoms with E-state index in [-0.39, 0.29) is 10.8 Å². The molecule has 0 aliphatic heterocycles. The van der Waals surface area contributed by atoms with Gasteiger partial charge in [-0.05, 0) is 30.7 Å². The predicted octanol–water partition coefficient (Wildman–Crippen LogP) is 3.21. The van der Waals surface area contributed by atoms with Crippen molar-refractivity contribution < 1.29 is 13.2 Å². The molecule has 1 heterocycles. The van der Waals surface area contributed by atoms with Gasteiger partial charge in [-0.25, -0.2) is 13.4 Å². The summed E-state index contributed by atoms with van der Waals surface area (Å²) >= 11 is 1.32. The Hall–Kier alpha value is -1.77. The summed E-state index contributed by atoms with van der Waals surface area (Å²) < 4.78 is 26.7. The maximum Gasteiger partial charge on any atom is 0.257 e. The number of benzene rings is 1. The fraction of sp³-hybridized carbons (Fsp3) is 0.375. The molecular weight excluding hydrogens is 346 g/mol.